The van der Waals surface area contributed by atoms with E-state index >= 15 is 0 Å². The zero-order valence-corrected chi connectivity index (χ0v) is 11.7. The Kier molecular flexibility index (Phi) is 3.71. The highest BCUT2D eigenvalue weighted by molar-refractivity contribution is 6.27. The fourth-order valence-corrected chi connectivity index (χ4v) is 2.78. The smallest absolute Gasteiger partial charge is 0.192 e. The molecule has 2 aliphatic rings. The van der Waals surface area contributed by atoms with Gasteiger partial charge in [0.05, 0.1) is 19.3 Å². The average molecular weight is 288 g/mol. The lowest BCUT2D eigenvalue weighted by molar-refractivity contribution is -0.0400. The van der Waals surface area contributed by atoms with Crippen molar-refractivity contribution in [2.24, 2.45) is 0 Å². The molecule has 1 aromatic carbocycles. The number of ketones is 2. The van der Waals surface area contributed by atoms with Crippen molar-refractivity contribution in [3.63, 3.8) is 0 Å². The van der Waals surface area contributed by atoms with E-state index in [9.17, 15) is 14.7 Å². The summed E-state index contributed by atoms with van der Waals surface area (Å²) < 4.78 is 10.7. The molecule has 1 saturated heterocycles. The molecule has 1 unspecified atom stereocenters. The van der Waals surface area contributed by atoms with Crippen molar-refractivity contribution in [1.82, 2.24) is 0 Å². The molecule has 21 heavy (non-hydrogen) atoms. The maximum atomic E-state index is 12.6. The number of Topliss-reactive ketones (excluding diaryl/α,β-unsaturated/α-hetero) is 2. The Labute approximate surface area is 122 Å². The van der Waals surface area contributed by atoms with Gasteiger partial charge in [-0.05, 0) is 6.92 Å². The highest BCUT2D eigenvalue weighted by Gasteiger charge is 2.35. The van der Waals surface area contributed by atoms with E-state index in [0.717, 1.165) is 0 Å². The van der Waals surface area contributed by atoms with Crippen molar-refractivity contribution in [1.29, 1.82) is 0 Å². The molecule has 1 aromatic rings. The van der Waals surface area contributed by atoms with Crippen LogP contribution in [0.15, 0.2) is 35.4 Å². The van der Waals surface area contributed by atoms with Gasteiger partial charge in [0.1, 0.15) is 0 Å². The second-order valence-electron chi connectivity index (χ2n) is 5.15. The molecule has 1 fully saturated rings. The zero-order chi connectivity index (χ0) is 15.0. The summed E-state index contributed by atoms with van der Waals surface area (Å²) in [6.45, 7) is 2.44. The molecule has 0 saturated carbocycles. The average Bonchev–Trinajstić information content (AvgIpc) is 2.97. The van der Waals surface area contributed by atoms with E-state index in [1.807, 2.05) is 0 Å². The van der Waals surface area contributed by atoms with Crippen LogP contribution in [-0.4, -0.2) is 42.3 Å². The second-order valence-corrected chi connectivity index (χ2v) is 5.15. The third kappa shape index (κ3) is 2.44. The highest BCUT2D eigenvalue weighted by Crippen LogP contribution is 2.31. The maximum absolute atomic E-state index is 12.6. The van der Waals surface area contributed by atoms with Crippen LogP contribution in [0.4, 0.5) is 0 Å². The van der Waals surface area contributed by atoms with Gasteiger partial charge in [0, 0.05) is 28.7 Å². The number of rotatable bonds is 3. The van der Waals surface area contributed by atoms with Crippen molar-refractivity contribution in [3.05, 3.63) is 46.5 Å². The van der Waals surface area contributed by atoms with Gasteiger partial charge in [-0.3, -0.25) is 9.59 Å². The van der Waals surface area contributed by atoms with Crippen LogP contribution >= 0.6 is 0 Å². The van der Waals surface area contributed by atoms with Crippen LogP contribution in [0, 0.1) is 0 Å². The van der Waals surface area contributed by atoms with Gasteiger partial charge in [-0.15, -0.1) is 0 Å². The molecule has 110 valence electrons. The minimum Gasteiger partial charge on any atom is -0.389 e. The molecule has 1 aliphatic carbocycles. The van der Waals surface area contributed by atoms with E-state index in [4.69, 9.17) is 9.47 Å². The summed E-state index contributed by atoms with van der Waals surface area (Å²) in [4.78, 5) is 25.2. The Bertz CT molecular complexity index is 623. The highest BCUT2D eigenvalue weighted by atomic mass is 16.7. The van der Waals surface area contributed by atoms with Gasteiger partial charge in [0.2, 0.25) is 0 Å². The van der Waals surface area contributed by atoms with E-state index in [0.29, 0.717) is 29.9 Å². The molecule has 1 aliphatic heterocycles. The van der Waals surface area contributed by atoms with E-state index in [2.05, 4.69) is 0 Å². The molecule has 5 nitrogen and oxygen atoms in total. The van der Waals surface area contributed by atoms with Crippen molar-refractivity contribution >= 4 is 11.6 Å². The van der Waals surface area contributed by atoms with Crippen molar-refractivity contribution in [2.45, 2.75) is 25.7 Å². The predicted molar refractivity (Wildman–Crippen MR) is 74.1 cm³/mol. The summed E-state index contributed by atoms with van der Waals surface area (Å²) in [6, 6.07) is 6.66. The summed E-state index contributed by atoms with van der Waals surface area (Å²) in [7, 11) is 0. The fourth-order valence-electron chi connectivity index (χ4n) is 2.78. The summed E-state index contributed by atoms with van der Waals surface area (Å²) in [5.74, 6) is -0.534. The molecule has 0 spiro atoms. The predicted octanol–water partition coefficient (Wildman–Crippen LogP) is 1.51. The molecular formula is C16H16O5. The van der Waals surface area contributed by atoms with Gasteiger partial charge >= 0.3 is 0 Å². The van der Waals surface area contributed by atoms with Crippen LogP contribution in [0.25, 0.3) is 0 Å². The van der Waals surface area contributed by atoms with Crippen LogP contribution in [0.5, 0.6) is 0 Å². The number of hydrogen-bond acceptors (Lipinski definition) is 5. The van der Waals surface area contributed by atoms with Crippen LogP contribution in [0.3, 0.4) is 0 Å². The van der Waals surface area contributed by atoms with E-state index in [-0.39, 0.29) is 23.6 Å². The fraction of sp³-hybridized carbons (Fsp3) is 0.375. The number of aliphatic hydroxyl groups is 1. The first-order valence-corrected chi connectivity index (χ1v) is 6.92. The van der Waals surface area contributed by atoms with Gasteiger partial charge in [0.15, 0.2) is 17.9 Å². The van der Waals surface area contributed by atoms with Crippen molar-refractivity contribution < 1.29 is 24.2 Å². The number of hydrogen-bond donors (Lipinski definition) is 1. The lowest BCUT2D eigenvalue weighted by Gasteiger charge is -2.23. The SMILES string of the molecule is CC(O)C1=C(CC2OCCO2)C(=O)c2ccccc2C1=O. The van der Waals surface area contributed by atoms with E-state index in [1.165, 1.54) is 6.92 Å². The first kappa shape index (κ1) is 14.1. The molecule has 1 heterocycles. The largest absolute Gasteiger partial charge is 0.389 e. The number of carbonyl (C=O) groups is 2. The topological polar surface area (TPSA) is 72.8 Å². The summed E-state index contributed by atoms with van der Waals surface area (Å²) in [5, 5.41) is 9.92. The van der Waals surface area contributed by atoms with Gasteiger partial charge in [-0.25, -0.2) is 0 Å². The Balaban J connectivity index is 2.05. The number of carbonyl (C=O) groups excluding carboxylic acids is 2. The number of aliphatic hydroxyl groups excluding tert-OH is 1. The number of fused-ring (bicyclic) bond motifs is 1. The van der Waals surface area contributed by atoms with Crippen LogP contribution in [0.1, 0.15) is 34.1 Å². The van der Waals surface area contributed by atoms with Gasteiger partial charge in [-0.2, -0.15) is 0 Å². The van der Waals surface area contributed by atoms with Crippen molar-refractivity contribution in [3.8, 4) is 0 Å². The summed E-state index contributed by atoms with van der Waals surface area (Å²) in [6.07, 6.45) is -1.36. The molecular weight excluding hydrogens is 272 g/mol. The summed E-state index contributed by atoms with van der Waals surface area (Å²) in [5.41, 5.74) is 1.16. The molecule has 0 radical (unpaired) electrons. The third-order valence-electron chi connectivity index (χ3n) is 3.74. The van der Waals surface area contributed by atoms with Gasteiger partial charge < -0.3 is 14.6 Å². The molecule has 5 heteroatoms. The zero-order valence-electron chi connectivity index (χ0n) is 11.7. The Morgan fingerprint density at radius 3 is 2.29 bits per heavy atom. The van der Waals surface area contributed by atoms with Crippen molar-refractivity contribution in [2.75, 3.05) is 13.2 Å². The van der Waals surface area contributed by atoms with Crippen LogP contribution in [0.2, 0.25) is 0 Å². The minimum atomic E-state index is -1.01. The Morgan fingerprint density at radius 1 is 1.14 bits per heavy atom. The monoisotopic (exact) mass is 288 g/mol. The molecule has 0 bridgehead atoms. The quantitative estimate of drug-likeness (QED) is 0.912. The number of ether oxygens (including phenoxy) is 2. The Morgan fingerprint density at radius 2 is 1.71 bits per heavy atom. The first-order chi connectivity index (χ1) is 10.1. The lowest BCUT2D eigenvalue weighted by atomic mass is 9.81. The standard InChI is InChI=1S/C16H16O5/c1-9(17)14-12(8-13-20-6-7-21-13)15(18)10-4-2-3-5-11(10)16(14)19/h2-5,9,13,17H,6-8H2,1H3. The van der Waals surface area contributed by atoms with Gasteiger partial charge in [-0.1, -0.05) is 24.3 Å². The maximum Gasteiger partial charge on any atom is 0.192 e. The molecule has 3 rings (SSSR count). The molecule has 1 atom stereocenters. The van der Waals surface area contributed by atoms with E-state index in [1.54, 1.807) is 24.3 Å². The normalized spacial score (nSPS) is 20.9. The number of benzene rings is 1. The molecule has 0 aromatic heterocycles. The van der Waals surface area contributed by atoms with Crippen LogP contribution < -0.4 is 0 Å². The Hall–Kier alpha value is -1.82. The second kappa shape index (κ2) is 5.52. The van der Waals surface area contributed by atoms with Gasteiger partial charge in [0.25, 0.3) is 0 Å². The molecule has 0 amide bonds. The lowest BCUT2D eigenvalue weighted by Crippen LogP contribution is -2.29. The first-order valence-electron chi connectivity index (χ1n) is 6.92. The minimum absolute atomic E-state index is 0.151. The summed E-state index contributed by atoms with van der Waals surface area (Å²) >= 11 is 0. The van der Waals surface area contributed by atoms with Crippen LogP contribution in [-0.2, 0) is 9.47 Å². The van der Waals surface area contributed by atoms with E-state index < -0.39 is 12.4 Å². The third-order valence-corrected chi connectivity index (χ3v) is 3.74. The molecule has 1 N–H and O–H groups in total.